The Morgan fingerprint density at radius 1 is 1.56 bits per heavy atom. The van der Waals surface area contributed by atoms with Gasteiger partial charge in [0.25, 0.3) is 0 Å². The molecule has 1 aromatic rings. The maximum atomic E-state index is 5.36. The molecule has 0 atom stereocenters. The topological polar surface area (TPSA) is 19.6 Å². The summed E-state index contributed by atoms with van der Waals surface area (Å²) in [5.74, 6) is 1.96. The van der Waals surface area contributed by atoms with Crippen LogP contribution in [0.4, 0.5) is 0 Å². The molecule has 1 aromatic heterocycles. The highest BCUT2D eigenvalue weighted by atomic mass is 32.2. The zero-order chi connectivity index (χ0) is 11.5. The second-order valence-corrected chi connectivity index (χ2v) is 5.72. The Balaban J connectivity index is 1.99. The lowest BCUT2D eigenvalue weighted by atomic mass is 10.3. The molecule has 0 N–H and O–H groups in total. The Morgan fingerprint density at radius 3 is 3.00 bits per heavy atom. The first-order valence-corrected chi connectivity index (χ1v) is 6.74. The molecule has 0 unspecified atom stereocenters. The zero-order valence-electron chi connectivity index (χ0n) is 9.55. The summed E-state index contributed by atoms with van der Waals surface area (Å²) < 4.78 is 6.32. The van der Waals surface area contributed by atoms with Crippen molar-refractivity contribution < 1.29 is 4.42 Å². The van der Waals surface area contributed by atoms with Gasteiger partial charge >= 0.3 is 0 Å². The fourth-order valence-corrected chi connectivity index (χ4v) is 2.81. The highest BCUT2D eigenvalue weighted by Crippen LogP contribution is 2.22. The van der Waals surface area contributed by atoms with Gasteiger partial charge in [-0.05, 0) is 26.0 Å². The second-order valence-electron chi connectivity index (χ2n) is 4.14. The fourth-order valence-electron chi connectivity index (χ4n) is 1.56. The van der Waals surface area contributed by atoms with E-state index in [0.29, 0.717) is 6.04 Å². The largest absolute Gasteiger partial charge is 0.467 e. The third kappa shape index (κ3) is 2.78. The summed E-state index contributed by atoms with van der Waals surface area (Å²) in [5.41, 5.74) is 0. The molecule has 5 heteroatoms. The number of thioether (sulfide) groups is 1. The van der Waals surface area contributed by atoms with Crippen LogP contribution in [0.25, 0.3) is 0 Å². The van der Waals surface area contributed by atoms with Crippen LogP contribution in [0.5, 0.6) is 0 Å². The molecule has 1 saturated heterocycles. The van der Waals surface area contributed by atoms with E-state index in [4.69, 9.17) is 16.6 Å². The summed E-state index contributed by atoms with van der Waals surface area (Å²) in [5, 5.41) is 0. The minimum atomic E-state index is 0.551. The summed E-state index contributed by atoms with van der Waals surface area (Å²) in [6.07, 6.45) is 1.70. The number of rotatable bonds is 3. The Hall–Kier alpha value is -0.520. The van der Waals surface area contributed by atoms with Crippen molar-refractivity contribution in [1.82, 2.24) is 9.80 Å². The van der Waals surface area contributed by atoms with Crippen molar-refractivity contribution in [2.24, 2.45) is 0 Å². The first-order valence-electron chi connectivity index (χ1n) is 5.35. The van der Waals surface area contributed by atoms with Crippen molar-refractivity contribution in [3.8, 4) is 0 Å². The van der Waals surface area contributed by atoms with Crippen LogP contribution in [0.1, 0.15) is 19.6 Å². The first kappa shape index (κ1) is 12.0. The molecule has 1 aliphatic rings. The van der Waals surface area contributed by atoms with E-state index < -0.39 is 0 Å². The van der Waals surface area contributed by atoms with Gasteiger partial charge in [-0.25, -0.2) is 0 Å². The standard InChI is InChI=1S/C11H16N2OS2/c1-9(2)13-7-12(11(15)16-8-13)6-10-4-3-5-14-10/h3-5,9H,6-8H2,1-2H3. The maximum Gasteiger partial charge on any atom is 0.139 e. The van der Waals surface area contributed by atoms with Gasteiger partial charge in [0.05, 0.1) is 25.4 Å². The van der Waals surface area contributed by atoms with Gasteiger partial charge in [-0.15, -0.1) is 0 Å². The molecular weight excluding hydrogens is 240 g/mol. The highest BCUT2D eigenvalue weighted by Gasteiger charge is 2.23. The summed E-state index contributed by atoms with van der Waals surface area (Å²) >= 11 is 7.09. The Labute approximate surface area is 106 Å². The van der Waals surface area contributed by atoms with Crippen LogP contribution in [0.3, 0.4) is 0 Å². The van der Waals surface area contributed by atoms with E-state index in [-0.39, 0.29) is 0 Å². The average molecular weight is 256 g/mol. The van der Waals surface area contributed by atoms with Gasteiger partial charge in [0.1, 0.15) is 10.1 Å². The van der Waals surface area contributed by atoms with Crippen molar-refractivity contribution in [2.75, 3.05) is 12.5 Å². The molecule has 0 bridgehead atoms. The predicted molar refractivity (Wildman–Crippen MR) is 71.1 cm³/mol. The van der Waals surface area contributed by atoms with Gasteiger partial charge in [-0.1, -0.05) is 24.0 Å². The molecule has 1 aliphatic heterocycles. The Bertz CT molecular complexity index is 351. The summed E-state index contributed by atoms with van der Waals surface area (Å²) in [7, 11) is 0. The highest BCUT2D eigenvalue weighted by molar-refractivity contribution is 8.22. The second kappa shape index (κ2) is 5.21. The molecule has 3 nitrogen and oxygen atoms in total. The smallest absolute Gasteiger partial charge is 0.139 e. The van der Waals surface area contributed by atoms with E-state index in [1.165, 1.54) is 0 Å². The van der Waals surface area contributed by atoms with E-state index in [1.54, 1.807) is 18.0 Å². The van der Waals surface area contributed by atoms with Crippen molar-refractivity contribution in [3.63, 3.8) is 0 Å². The SMILES string of the molecule is CC(C)N1CSC(=S)N(Cc2ccco2)C1. The van der Waals surface area contributed by atoms with Crippen molar-refractivity contribution >= 4 is 28.3 Å². The quantitative estimate of drug-likeness (QED) is 0.772. The van der Waals surface area contributed by atoms with Gasteiger partial charge < -0.3 is 9.32 Å². The van der Waals surface area contributed by atoms with Crippen LogP contribution in [-0.4, -0.2) is 32.7 Å². The summed E-state index contributed by atoms with van der Waals surface area (Å²) in [4.78, 5) is 4.58. The Morgan fingerprint density at radius 2 is 2.38 bits per heavy atom. The molecular formula is C11H16N2OS2. The molecule has 0 saturated carbocycles. The molecule has 2 rings (SSSR count). The van der Waals surface area contributed by atoms with Crippen LogP contribution in [0, 0.1) is 0 Å². The third-order valence-corrected chi connectivity index (χ3v) is 4.20. The normalized spacial score (nSPS) is 18.4. The summed E-state index contributed by atoms with van der Waals surface area (Å²) in [6, 6.07) is 4.45. The zero-order valence-corrected chi connectivity index (χ0v) is 11.2. The van der Waals surface area contributed by atoms with Crippen molar-refractivity contribution in [3.05, 3.63) is 24.2 Å². The molecule has 16 heavy (non-hydrogen) atoms. The van der Waals surface area contributed by atoms with E-state index in [9.17, 15) is 0 Å². The van der Waals surface area contributed by atoms with Crippen LogP contribution in [-0.2, 0) is 6.54 Å². The number of nitrogens with zero attached hydrogens (tertiary/aromatic N) is 2. The molecule has 0 aliphatic carbocycles. The lowest BCUT2D eigenvalue weighted by molar-refractivity contribution is 0.166. The molecule has 2 heterocycles. The van der Waals surface area contributed by atoms with Crippen LogP contribution in [0.2, 0.25) is 0 Å². The van der Waals surface area contributed by atoms with Crippen LogP contribution >= 0.6 is 24.0 Å². The summed E-state index contributed by atoms with van der Waals surface area (Å²) in [6.45, 7) is 6.08. The van der Waals surface area contributed by atoms with Gasteiger partial charge in [0.15, 0.2) is 0 Å². The van der Waals surface area contributed by atoms with Gasteiger partial charge in [0.2, 0.25) is 0 Å². The molecule has 0 amide bonds. The van der Waals surface area contributed by atoms with Crippen molar-refractivity contribution in [1.29, 1.82) is 0 Å². The van der Waals surface area contributed by atoms with Gasteiger partial charge in [-0.3, -0.25) is 4.90 Å². The van der Waals surface area contributed by atoms with Gasteiger partial charge in [0, 0.05) is 6.04 Å². The maximum absolute atomic E-state index is 5.36. The van der Waals surface area contributed by atoms with E-state index in [2.05, 4.69) is 23.6 Å². The minimum Gasteiger partial charge on any atom is -0.467 e. The molecule has 0 spiro atoms. The van der Waals surface area contributed by atoms with Gasteiger partial charge in [-0.2, -0.15) is 0 Å². The molecule has 1 fully saturated rings. The third-order valence-electron chi connectivity index (χ3n) is 2.62. The minimum absolute atomic E-state index is 0.551. The average Bonchev–Trinajstić information content (AvgIpc) is 2.73. The molecule has 88 valence electrons. The van der Waals surface area contributed by atoms with E-state index in [0.717, 1.165) is 29.2 Å². The monoisotopic (exact) mass is 256 g/mol. The van der Waals surface area contributed by atoms with E-state index >= 15 is 0 Å². The fraction of sp³-hybridized carbons (Fsp3) is 0.545. The first-order chi connectivity index (χ1) is 7.66. The lowest BCUT2D eigenvalue weighted by Crippen LogP contribution is -2.46. The molecule has 0 aromatic carbocycles. The van der Waals surface area contributed by atoms with Crippen LogP contribution in [0.15, 0.2) is 22.8 Å². The van der Waals surface area contributed by atoms with E-state index in [1.807, 2.05) is 12.1 Å². The number of hydrogen-bond acceptors (Lipinski definition) is 4. The number of furan rings is 1. The Kier molecular flexibility index (Phi) is 3.89. The van der Waals surface area contributed by atoms with Crippen LogP contribution < -0.4 is 0 Å². The number of thiocarbonyl (C=S) groups is 1. The predicted octanol–water partition coefficient (Wildman–Crippen LogP) is 2.74. The molecule has 0 radical (unpaired) electrons. The van der Waals surface area contributed by atoms with Crippen molar-refractivity contribution in [2.45, 2.75) is 26.4 Å². The lowest BCUT2D eigenvalue weighted by Gasteiger charge is -2.38. The number of hydrogen-bond donors (Lipinski definition) is 0.